The third-order valence-electron chi connectivity index (χ3n) is 3.75. The van der Waals surface area contributed by atoms with Crippen molar-refractivity contribution in [2.24, 2.45) is 0 Å². The van der Waals surface area contributed by atoms with Crippen LogP contribution >= 0.6 is 22.7 Å². The summed E-state index contributed by atoms with van der Waals surface area (Å²) >= 11 is 2.95. The van der Waals surface area contributed by atoms with Crippen molar-refractivity contribution in [3.05, 3.63) is 64.0 Å². The maximum Gasteiger partial charge on any atom is 0.358 e. The molecule has 0 aliphatic heterocycles. The number of benzene rings is 1. The van der Waals surface area contributed by atoms with Crippen molar-refractivity contribution in [1.29, 1.82) is 0 Å². The molecule has 0 amide bonds. The third kappa shape index (κ3) is 4.03. The van der Waals surface area contributed by atoms with Gasteiger partial charge in [0.2, 0.25) is 5.78 Å². The maximum atomic E-state index is 12.4. The van der Waals surface area contributed by atoms with Crippen LogP contribution in [-0.4, -0.2) is 22.8 Å². The molecule has 4 nitrogen and oxygen atoms in total. The molecule has 3 aromatic rings. The number of aromatic nitrogens is 1. The van der Waals surface area contributed by atoms with Gasteiger partial charge in [-0.05, 0) is 30.4 Å². The zero-order valence-electron chi connectivity index (χ0n) is 13.9. The summed E-state index contributed by atoms with van der Waals surface area (Å²) in [6.07, 6.45) is 0.0574. The molecular formula is C19H17NO3S2. The Morgan fingerprint density at radius 2 is 1.92 bits per heavy atom. The van der Waals surface area contributed by atoms with Crippen LogP contribution in [-0.2, 0) is 11.2 Å². The average Bonchev–Trinajstić information content (AvgIpc) is 3.32. The Morgan fingerprint density at radius 3 is 2.56 bits per heavy atom. The van der Waals surface area contributed by atoms with E-state index in [4.69, 9.17) is 4.74 Å². The van der Waals surface area contributed by atoms with Crippen LogP contribution in [0.5, 0.6) is 0 Å². The SMILES string of the molecule is CCc1ccc(C(=O)[C@@H](C)OC(=O)c2csc(-c3cccs3)n2)cc1. The molecule has 0 fully saturated rings. The topological polar surface area (TPSA) is 56.3 Å². The predicted molar refractivity (Wildman–Crippen MR) is 100 cm³/mol. The fourth-order valence-electron chi connectivity index (χ4n) is 2.29. The molecule has 0 aliphatic rings. The van der Waals surface area contributed by atoms with Gasteiger partial charge >= 0.3 is 5.97 Å². The molecule has 0 saturated carbocycles. The number of ketones is 1. The molecule has 0 aliphatic carbocycles. The van der Waals surface area contributed by atoms with Crippen LogP contribution in [0.1, 0.15) is 40.3 Å². The molecule has 0 bridgehead atoms. The fourth-order valence-corrected chi connectivity index (χ4v) is 3.90. The number of thiophene rings is 1. The molecule has 2 heterocycles. The number of aryl methyl sites for hydroxylation is 1. The second-order valence-corrected chi connectivity index (χ2v) is 7.28. The van der Waals surface area contributed by atoms with E-state index in [9.17, 15) is 9.59 Å². The van der Waals surface area contributed by atoms with Gasteiger partial charge in [-0.3, -0.25) is 4.79 Å². The first-order chi connectivity index (χ1) is 12.1. The summed E-state index contributed by atoms with van der Waals surface area (Å²) in [5.41, 5.74) is 1.93. The van der Waals surface area contributed by atoms with Crippen LogP contribution in [0.3, 0.4) is 0 Å². The summed E-state index contributed by atoms with van der Waals surface area (Å²) in [4.78, 5) is 30.0. The number of carbonyl (C=O) groups excluding carboxylic acids is 2. The van der Waals surface area contributed by atoms with Gasteiger partial charge in [0.25, 0.3) is 0 Å². The summed E-state index contributed by atoms with van der Waals surface area (Å²) in [5.74, 6) is -0.796. The van der Waals surface area contributed by atoms with Crippen LogP contribution in [0.15, 0.2) is 47.2 Å². The zero-order chi connectivity index (χ0) is 17.8. The molecule has 1 atom stereocenters. The van der Waals surface area contributed by atoms with E-state index >= 15 is 0 Å². The highest BCUT2D eigenvalue weighted by atomic mass is 32.1. The molecule has 0 spiro atoms. The predicted octanol–water partition coefficient (Wildman–Crippen LogP) is 4.86. The maximum absolute atomic E-state index is 12.4. The first-order valence-corrected chi connectivity index (χ1v) is 9.68. The number of nitrogens with zero attached hydrogens (tertiary/aromatic N) is 1. The van der Waals surface area contributed by atoms with Crippen LogP contribution < -0.4 is 0 Å². The number of hydrogen-bond donors (Lipinski definition) is 0. The van der Waals surface area contributed by atoms with Gasteiger partial charge in [0.15, 0.2) is 11.8 Å². The summed E-state index contributed by atoms with van der Waals surface area (Å²) in [5, 5.41) is 4.39. The number of rotatable bonds is 6. The molecule has 0 unspecified atom stereocenters. The van der Waals surface area contributed by atoms with Crippen molar-refractivity contribution in [2.45, 2.75) is 26.4 Å². The summed E-state index contributed by atoms with van der Waals surface area (Å²) in [7, 11) is 0. The van der Waals surface area contributed by atoms with Crippen molar-refractivity contribution in [3.63, 3.8) is 0 Å². The molecular weight excluding hydrogens is 354 g/mol. The Bertz CT molecular complexity index is 866. The van der Waals surface area contributed by atoms with Gasteiger partial charge in [-0.2, -0.15) is 0 Å². The van der Waals surface area contributed by atoms with E-state index in [1.165, 1.54) is 11.3 Å². The largest absolute Gasteiger partial charge is 0.450 e. The van der Waals surface area contributed by atoms with Crippen LogP contribution in [0.2, 0.25) is 0 Å². The Morgan fingerprint density at radius 1 is 1.16 bits per heavy atom. The lowest BCUT2D eigenvalue weighted by atomic mass is 10.0. The zero-order valence-corrected chi connectivity index (χ0v) is 15.5. The molecule has 0 saturated heterocycles. The lowest BCUT2D eigenvalue weighted by molar-refractivity contribution is 0.0314. The molecule has 2 aromatic heterocycles. The minimum Gasteiger partial charge on any atom is -0.450 e. The normalized spacial score (nSPS) is 11.9. The average molecular weight is 371 g/mol. The molecule has 0 radical (unpaired) electrons. The van der Waals surface area contributed by atoms with Gasteiger partial charge in [-0.1, -0.05) is 37.3 Å². The number of Topliss-reactive ketones (excluding diaryl/α,β-unsaturated/α-hetero) is 1. The second-order valence-electron chi connectivity index (χ2n) is 5.48. The Hall–Kier alpha value is -2.31. The number of thiazole rings is 1. The number of hydrogen-bond acceptors (Lipinski definition) is 6. The molecule has 25 heavy (non-hydrogen) atoms. The summed E-state index contributed by atoms with van der Waals surface area (Å²) in [6, 6.07) is 11.2. The molecule has 6 heteroatoms. The van der Waals surface area contributed by atoms with E-state index < -0.39 is 12.1 Å². The van der Waals surface area contributed by atoms with Gasteiger partial charge in [-0.25, -0.2) is 9.78 Å². The van der Waals surface area contributed by atoms with Gasteiger partial charge in [0, 0.05) is 10.9 Å². The monoisotopic (exact) mass is 371 g/mol. The highest BCUT2D eigenvalue weighted by molar-refractivity contribution is 7.20. The lowest BCUT2D eigenvalue weighted by Gasteiger charge is -2.11. The quantitative estimate of drug-likeness (QED) is 0.458. The summed E-state index contributed by atoms with van der Waals surface area (Å²) < 4.78 is 5.30. The highest BCUT2D eigenvalue weighted by Gasteiger charge is 2.22. The van der Waals surface area contributed by atoms with Crippen molar-refractivity contribution in [3.8, 4) is 9.88 Å². The summed E-state index contributed by atoms with van der Waals surface area (Å²) in [6.45, 7) is 3.64. The second kappa shape index (κ2) is 7.72. The van der Waals surface area contributed by atoms with Crippen molar-refractivity contribution >= 4 is 34.4 Å². The smallest absolute Gasteiger partial charge is 0.358 e. The van der Waals surface area contributed by atoms with Crippen LogP contribution in [0.4, 0.5) is 0 Å². The molecule has 3 rings (SSSR count). The van der Waals surface area contributed by atoms with Crippen LogP contribution in [0.25, 0.3) is 9.88 Å². The number of carbonyl (C=O) groups is 2. The van der Waals surface area contributed by atoms with E-state index in [0.29, 0.717) is 5.56 Å². The number of esters is 1. The van der Waals surface area contributed by atoms with Gasteiger partial charge < -0.3 is 4.74 Å². The Balaban J connectivity index is 1.66. The third-order valence-corrected chi connectivity index (χ3v) is 5.63. The van der Waals surface area contributed by atoms with Crippen LogP contribution in [0, 0.1) is 0 Å². The lowest BCUT2D eigenvalue weighted by Crippen LogP contribution is -2.24. The van der Waals surface area contributed by atoms with Gasteiger partial charge in [0.05, 0.1) is 4.88 Å². The van der Waals surface area contributed by atoms with E-state index in [-0.39, 0.29) is 11.5 Å². The number of ether oxygens (including phenoxy) is 1. The Labute approximate surface area is 154 Å². The fraction of sp³-hybridized carbons (Fsp3) is 0.211. The van der Waals surface area contributed by atoms with Gasteiger partial charge in [0.1, 0.15) is 5.01 Å². The van der Waals surface area contributed by atoms with E-state index in [0.717, 1.165) is 21.9 Å². The van der Waals surface area contributed by atoms with Crippen molar-refractivity contribution < 1.29 is 14.3 Å². The molecule has 128 valence electrons. The van der Waals surface area contributed by atoms with Gasteiger partial charge in [-0.15, -0.1) is 22.7 Å². The molecule has 0 N–H and O–H groups in total. The minimum absolute atomic E-state index is 0.218. The molecule has 1 aromatic carbocycles. The Kier molecular flexibility index (Phi) is 5.40. The highest BCUT2D eigenvalue weighted by Crippen LogP contribution is 2.28. The van der Waals surface area contributed by atoms with E-state index in [1.54, 1.807) is 35.8 Å². The van der Waals surface area contributed by atoms with Crippen molar-refractivity contribution in [1.82, 2.24) is 4.98 Å². The standard InChI is InChI=1S/C19H17NO3S2/c1-3-13-6-8-14(9-7-13)17(21)12(2)23-19(22)15-11-25-18(20-15)16-5-4-10-24-16/h4-12H,3H2,1-2H3/t12-/m1/s1. The minimum atomic E-state index is -0.855. The van der Waals surface area contributed by atoms with E-state index in [1.807, 2.05) is 29.6 Å². The first kappa shape index (κ1) is 17.5. The first-order valence-electron chi connectivity index (χ1n) is 7.92. The van der Waals surface area contributed by atoms with Crippen molar-refractivity contribution in [2.75, 3.05) is 0 Å². The van der Waals surface area contributed by atoms with E-state index in [2.05, 4.69) is 11.9 Å².